The summed E-state index contributed by atoms with van der Waals surface area (Å²) in [4.78, 5) is 0. The van der Waals surface area contributed by atoms with Gasteiger partial charge in [-0.15, -0.1) is 0 Å². The molecule has 80 valence electrons. The number of hydrogen-bond acceptors (Lipinski definition) is 1. The molecule has 0 bridgehead atoms. The highest BCUT2D eigenvalue weighted by molar-refractivity contribution is 5.46. The fourth-order valence-corrected chi connectivity index (χ4v) is 2.48. The largest absolute Gasteiger partial charge is 0.489 e. The molecule has 2 atom stereocenters. The number of fused-ring (bicyclic) bond motifs is 1. The lowest BCUT2D eigenvalue weighted by molar-refractivity contribution is 0.239. The maximum absolute atomic E-state index is 5.87. The highest BCUT2D eigenvalue weighted by Gasteiger charge is 2.31. The topological polar surface area (TPSA) is 9.23 Å². The third kappa shape index (κ3) is 1.40. The molecular weight excluding hydrogens is 196 g/mol. The zero-order valence-corrected chi connectivity index (χ0v) is 9.26. The molecule has 1 aliphatic rings. The lowest BCUT2D eigenvalue weighted by Gasteiger charge is -2.14. The molecule has 1 nitrogen and oxygen atoms in total. The fraction of sp³-hybridized carbons (Fsp3) is 0.200. The smallest absolute Gasteiger partial charge is 0.123 e. The molecule has 0 N–H and O–H groups in total. The van der Waals surface area contributed by atoms with E-state index in [2.05, 4.69) is 55.5 Å². The maximum Gasteiger partial charge on any atom is 0.123 e. The summed E-state index contributed by atoms with van der Waals surface area (Å²) in [5, 5.41) is 0. The van der Waals surface area contributed by atoms with Gasteiger partial charge in [0.05, 0.1) is 0 Å². The second-order valence-electron chi connectivity index (χ2n) is 4.25. The minimum absolute atomic E-state index is 0.222. The van der Waals surface area contributed by atoms with Crippen LogP contribution in [-0.2, 0) is 0 Å². The predicted octanol–water partition coefficient (Wildman–Crippen LogP) is 3.60. The summed E-state index contributed by atoms with van der Waals surface area (Å²) >= 11 is 0. The normalized spacial score (nSPS) is 22.6. The molecule has 0 spiro atoms. The van der Waals surface area contributed by atoms with Gasteiger partial charge in [-0.25, -0.2) is 0 Å². The van der Waals surface area contributed by atoms with Gasteiger partial charge in [0.15, 0.2) is 0 Å². The number of benzene rings is 2. The van der Waals surface area contributed by atoms with E-state index in [-0.39, 0.29) is 6.10 Å². The summed E-state index contributed by atoms with van der Waals surface area (Å²) in [6, 6.07) is 18.9. The predicted molar refractivity (Wildman–Crippen MR) is 64.8 cm³/mol. The number of para-hydroxylation sites is 1. The molecule has 0 aromatic heterocycles. The summed E-state index contributed by atoms with van der Waals surface area (Å²) in [6.45, 7) is 2.14. The van der Waals surface area contributed by atoms with Crippen LogP contribution in [-0.4, -0.2) is 6.10 Å². The van der Waals surface area contributed by atoms with E-state index in [1.54, 1.807) is 0 Å². The lowest BCUT2D eigenvalue weighted by Crippen LogP contribution is -2.14. The van der Waals surface area contributed by atoms with Crippen molar-refractivity contribution in [3.8, 4) is 5.75 Å². The average molecular weight is 210 g/mol. The molecule has 1 heteroatoms. The van der Waals surface area contributed by atoms with Gasteiger partial charge in [0, 0.05) is 11.5 Å². The van der Waals surface area contributed by atoms with Crippen molar-refractivity contribution in [2.45, 2.75) is 18.9 Å². The Hall–Kier alpha value is -1.76. The van der Waals surface area contributed by atoms with Crippen LogP contribution in [0.15, 0.2) is 54.6 Å². The van der Waals surface area contributed by atoms with Crippen molar-refractivity contribution in [2.24, 2.45) is 0 Å². The molecule has 0 saturated carbocycles. The number of rotatable bonds is 1. The monoisotopic (exact) mass is 210 g/mol. The Morgan fingerprint density at radius 2 is 1.56 bits per heavy atom. The Morgan fingerprint density at radius 1 is 0.875 bits per heavy atom. The standard InChI is InChI=1S/C15H14O/c1-11-15(12-7-3-2-4-8-12)13-9-5-6-10-14(13)16-11/h2-11,15H,1H3/t11-,15+/m0/s1. The Bertz CT molecular complexity index is 490. The van der Waals surface area contributed by atoms with Crippen LogP contribution in [0.3, 0.4) is 0 Å². The first-order valence-corrected chi connectivity index (χ1v) is 5.67. The van der Waals surface area contributed by atoms with Gasteiger partial charge in [0.25, 0.3) is 0 Å². The van der Waals surface area contributed by atoms with Gasteiger partial charge in [-0.2, -0.15) is 0 Å². The van der Waals surface area contributed by atoms with Gasteiger partial charge >= 0.3 is 0 Å². The second kappa shape index (κ2) is 3.67. The van der Waals surface area contributed by atoms with Crippen LogP contribution in [0.25, 0.3) is 0 Å². The summed E-state index contributed by atoms with van der Waals surface area (Å²) in [6.07, 6.45) is 0.222. The van der Waals surface area contributed by atoms with E-state index < -0.39 is 0 Å². The Labute approximate surface area is 95.7 Å². The zero-order valence-electron chi connectivity index (χ0n) is 9.26. The average Bonchev–Trinajstić information content (AvgIpc) is 2.66. The SMILES string of the molecule is C[C@@H]1Oc2ccccc2[C@H]1c1ccccc1. The minimum atomic E-state index is 0.222. The van der Waals surface area contributed by atoms with Crippen molar-refractivity contribution >= 4 is 0 Å². The molecule has 0 amide bonds. The summed E-state index contributed by atoms with van der Waals surface area (Å²) in [7, 11) is 0. The fourth-order valence-electron chi connectivity index (χ4n) is 2.48. The highest BCUT2D eigenvalue weighted by Crippen LogP contribution is 2.41. The maximum atomic E-state index is 5.87. The van der Waals surface area contributed by atoms with Gasteiger partial charge in [0.2, 0.25) is 0 Å². The Morgan fingerprint density at radius 3 is 2.38 bits per heavy atom. The molecule has 0 saturated heterocycles. The van der Waals surface area contributed by atoms with Crippen LogP contribution in [0.2, 0.25) is 0 Å². The van der Waals surface area contributed by atoms with E-state index in [0.717, 1.165) is 5.75 Å². The van der Waals surface area contributed by atoms with E-state index in [9.17, 15) is 0 Å². The van der Waals surface area contributed by atoms with Crippen LogP contribution in [0, 0.1) is 0 Å². The first kappa shape index (κ1) is 9.46. The van der Waals surface area contributed by atoms with E-state index in [0.29, 0.717) is 5.92 Å². The lowest BCUT2D eigenvalue weighted by atomic mass is 9.89. The summed E-state index contributed by atoms with van der Waals surface area (Å²) in [5.74, 6) is 1.40. The van der Waals surface area contributed by atoms with Crippen LogP contribution in [0.4, 0.5) is 0 Å². The van der Waals surface area contributed by atoms with E-state index in [1.165, 1.54) is 11.1 Å². The van der Waals surface area contributed by atoms with Crippen molar-refractivity contribution in [2.75, 3.05) is 0 Å². The van der Waals surface area contributed by atoms with Crippen molar-refractivity contribution in [1.29, 1.82) is 0 Å². The van der Waals surface area contributed by atoms with Gasteiger partial charge in [-0.1, -0.05) is 48.5 Å². The molecule has 0 fully saturated rings. The van der Waals surface area contributed by atoms with Crippen molar-refractivity contribution in [1.82, 2.24) is 0 Å². The molecule has 0 unspecified atom stereocenters. The van der Waals surface area contributed by atoms with Crippen molar-refractivity contribution < 1.29 is 4.74 Å². The number of ether oxygens (including phenoxy) is 1. The van der Waals surface area contributed by atoms with Crippen molar-refractivity contribution in [3.05, 3.63) is 65.7 Å². The molecular formula is C15H14O. The van der Waals surface area contributed by atoms with Crippen LogP contribution in [0.1, 0.15) is 24.0 Å². The Kier molecular flexibility index (Phi) is 2.17. The Balaban J connectivity index is 2.09. The quantitative estimate of drug-likeness (QED) is 0.698. The van der Waals surface area contributed by atoms with Gasteiger partial charge in [-0.3, -0.25) is 0 Å². The first-order valence-electron chi connectivity index (χ1n) is 5.67. The molecule has 2 aromatic rings. The molecule has 0 aliphatic carbocycles. The van der Waals surface area contributed by atoms with Crippen LogP contribution >= 0.6 is 0 Å². The van der Waals surface area contributed by atoms with E-state index in [1.807, 2.05) is 6.07 Å². The van der Waals surface area contributed by atoms with Gasteiger partial charge in [-0.05, 0) is 18.6 Å². The number of hydrogen-bond donors (Lipinski definition) is 0. The van der Waals surface area contributed by atoms with Gasteiger partial charge in [0.1, 0.15) is 11.9 Å². The third-order valence-corrected chi connectivity index (χ3v) is 3.20. The zero-order chi connectivity index (χ0) is 11.0. The summed E-state index contributed by atoms with van der Waals surface area (Å²) in [5.41, 5.74) is 2.64. The van der Waals surface area contributed by atoms with E-state index in [4.69, 9.17) is 4.74 Å². The minimum Gasteiger partial charge on any atom is -0.489 e. The second-order valence-corrected chi connectivity index (χ2v) is 4.25. The third-order valence-electron chi connectivity index (χ3n) is 3.20. The highest BCUT2D eigenvalue weighted by atomic mass is 16.5. The van der Waals surface area contributed by atoms with Crippen molar-refractivity contribution in [3.63, 3.8) is 0 Å². The molecule has 16 heavy (non-hydrogen) atoms. The molecule has 1 aliphatic heterocycles. The van der Waals surface area contributed by atoms with Gasteiger partial charge < -0.3 is 4.74 Å². The van der Waals surface area contributed by atoms with Crippen LogP contribution in [0.5, 0.6) is 5.75 Å². The summed E-state index contributed by atoms with van der Waals surface area (Å²) < 4.78 is 5.87. The van der Waals surface area contributed by atoms with Crippen LogP contribution < -0.4 is 4.74 Å². The molecule has 2 aromatic carbocycles. The molecule has 3 rings (SSSR count). The first-order chi connectivity index (χ1) is 7.86. The van der Waals surface area contributed by atoms with E-state index >= 15 is 0 Å². The molecule has 0 radical (unpaired) electrons. The molecule has 1 heterocycles.